The van der Waals surface area contributed by atoms with E-state index in [9.17, 15) is 24.8 Å². The number of nitro benzene ring substituents is 1. The highest BCUT2D eigenvalue weighted by Gasteiger charge is 2.25. The van der Waals surface area contributed by atoms with Crippen LogP contribution < -0.4 is 10.6 Å². The molecule has 1 heterocycles. The monoisotopic (exact) mass is 279 g/mol. The number of rotatable bonds is 3. The third-order valence-corrected chi connectivity index (χ3v) is 3.09. The Morgan fingerprint density at radius 3 is 2.80 bits per heavy atom. The molecule has 1 fully saturated rings. The van der Waals surface area contributed by atoms with Gasteiger partial charge in [0.2, 0.25) is 11.8 Å². The van der Waals surface area contributed by atoms with Crippen molar-refractivity contribution in [2.75, 3.05) is 11.9 Å². The van der Waals surface area contributed by atoms with Crippen LogP contribution in [-0.4, -0.2) is 28.4 Å². The Morgan fingerprint density at radius 1 is 1.50 bits per heavy atom. The Labute approximate surface area is 113 Å². The summed E-state index contributed by atoms with van der Waals surface area (Å²) in [5.41, 5.74) is -0.150. The number of hydrogen-bond acceptors (Lipinski definition) is 5. The Kier molecular flexibility index (Phi) is 3.83. The lowest BCUT2D eigenvalue weighted by molar-refractivity contribution is -0.384. The second-order valence-corrected chi connectivity index (χ2v) is 4.49. The number of nitro groups is 1. The van der Waals surface area contributed by atoms with Crippen LogP contribution in [0.25, 0.3) is 0 Å². The zero-order valence-corrected chi connectivity index (χ0v) is 10.5. The number of nitrogens with zero attached hydrogens (tertiary/aromatic N) is 1. The first-order valence-corrected chi connectivity index (χ1v) is 6.02. The van der Waals surface area contributed by atoms with Crippen molar-refractivity contribution in [2.24, 2.45) is 5.92 Å². The number of phenolic OH excluding ortho intramolecular Hbond substituents is 1. The smallest absolute Gasteiger partial charge is 0.273 e. The number of phenols is 1. The van der Waals surface area contributed by atoms with Crippen molar-refractivity contribution in [3.05, 3.63) is 28.3 Å². The van der Waals surface area contributed by atoms with E-state index in [-0.39, 0.29) is 47.8 Å². The van der Waals surface area contributed by atoms with Gasteiger partial charge < -0.3 is 15.7 Å². The second-order valence-electron chi connectivity index (χ2n) is 4.49. The van der Waals surface area contributed by atoms with Crippen LogP contribution in [0.5, 0.6) is 5.75 Å². The molecule has 1 aromatic carbocycles. The molecule has 106 valence electrons. The summed E-state index contributed by atoms with van der Waals surface area (Å²) < 4.78 is 0. The molecule has 0 saturated carbocycles. The van der Waals surface area contributed by atoms with E-state index in [0.29, 0.717) is 6.42 Å². The largest absolute Gasteiger partial charge is 0.506 e. The van der Waals surface area contributed by atoms with Crippen molar-refractivity contribution in [3.8, 4) is 5.75 Å². The van der Waals surface area contributed by atoms with Gasteiger partial charge in [-0.3, -0.25) is 19.7 Å². The maximum Gasteiger partial charge on any atom is 0.273 e. The molecule has 8 nitrogen and oxygen atoms in total. The van der Waals surface area contributed by atoms with E-state index in [4.69, 9.17) is 0 Å². The van der Waals surface area contributed by atoms with Crippen LogP contribution >= 0.6 is 0 Å². The minimum atomic E-state index is -0.637. The van der Waals surface area contributed by atoms with Crippen molar-refractivity contribution in [2.45, 2.75) is 12.8 Å². The van der Waals surface area contributed by atoms with Crippen LogP contribution in [0, 0.1) is 16.0 Å². The highest BCUT2D eigenvalue weighted by Crippen LogP contribution is 2.28. The minimum absolute atomic E-state index is 0.0905. The van der Waals surface area contributed by atoms with Crippen LogP contribution in [-0.2, 0) is 9.59 Å². The molecule has 0 aliphatic carbocycles. The summed E-state index contributed by atoms with van der Waals surface area (Å²) >= 11 is 0. The lowest BCUT2D eigenvalue weighted by Gasteiger charge is -2.21. The summed E-state index contributed by atoms with van der Waals surface area (Å²) in [6.45, 7) is 0.248. The number of aromatic hydroxyl groups is 1. The van der Waals surface area contributed by atoms with Gasteiger partial charge >= 0.3 is 0 Å². The van der Waals surface area contributed by atoms with Crippen molar-refractivity contribution in [3.63, 3.8) is 0 Å². The lowest BCUT2D eigenvalue weighted by atomic mass is 9.98. The number of hydrogen-bond donors (Lipinski definition) is 3. The average molecular weight is 279 g/mol. The molecule has 1 unspecified atom stereocenters. The highest BCUT2D eigenvalue weighted by molar-refractivity contribution is 5.95. The van der Waals surface area contributed by atoms with Gasteiger partial charge in [-0.1, -0.05) is 0 Å². The molecular weight excluding hydrogens is 266 g/mol. The predicted octanol–water partition coefficient (Wildman–Crippen LogP) is 0.765. The van der Waals surface area contributed by atoms with E-state index in [2.05, 4.69) is 10.6 Å². The quantitative estimate of drug-likeness (QED) is 0.428. The van der Waals surface area contributed by atoms with Gasteiger partial charge in [-0.15, -0.1) is 0 Å². The first-order chi connectivity index (χ1) is 9.47. The normalized spacial score (nSPS) is 18.2. The first-order valence-electron chi connectivity index (χ1n) is 6.02. The van der Waals surface area contributed by atoms with E-state index >= 15 is 0 Å². The maximum atomic E-state index is 11.9. The molecule has 0 spiro atoms. The van der Waals surface area contributed by atoms with Crippen LogP contribution in [0.1, 0.15) is 12.8 Å². The van der Waals surface area contributed by atoms with Gasteiger partial charge in [0, 0.05) is 19.0 Å². The summed E-state index contributed by atoms with van der Waals surface area (Å²) in [5, 5.41) is 25.3. The molecule has 1 saturated heterocycles. The van der Waals surface area contributed by atoms with Crippen LogP contribution in [0.15, 0.2) is 18.2 Å². The van der Waals surface area contributed by atoms with Crippen molar-refractivity contribution in [1.82, 2.24) is 5.32 Å². The molecule has 0 radical (unpaired) electrons. The number of amides is 2. The highest BCUT2D eigenvalue weighted by atomic mass is 16.6. The van der Waals surface area contributed by atoms with Gasteiger partial charge in [0.05, 0.1) is 22.6 Å². The van der Waals surface area contributed by atoms with E-state index in [1.54, 1.807) is 0 Å². The Balaban J connectivity index is 2.04. The van der Waals surface area contributed by atoms with Gasteiger partial charge in [0.1, 0.15) is 5.75 Å². The number of nitrogens with one attached hydrogen (secondary N) is 2. The van der Waals surface area contributed by atoms with E-state index in [0.717, 1.165) is 6.07 Å². The number of carbonyl (C=O) groups excluding carboxylic acids is 2. The Morgan fingerprint density at radius 2 is 2.25 bits per heavy atom. The van der Waals surface area contributed by atoms with Gasteiger partial charge in [0.15, 0.2) is 0 Å². The number of benzene rings is 1. The van der Waals surface area contributed by atoms with Gasteiger partial charge in [-0.25, -0.2) is 0 Å². The second kappa shape index (κ2) is 5.55. The van der Waals surface area contributed by atoms with E-state index in [1.165, 1.54) is 12.1 Å². The van der Waals surface area contributed by atoms with E-state index < -0.39 is 4.92 Å². The fraction of sp³-hybridized carbons (Fsp3) is 0.333. The summed E-state index contributed by atoms with van der Waals surface area (Å²) in [6.07, 6.45) is 0.718. The van der Waals surface area contributed by atoms with Crippen molar-refractivity contribution < 1.29 is 19.6 Å². The molecule has 1 aliphatic heterocycles. The van der Waals surface area contributed by atoms with Gasteiger partial charge in [0.25, 0.3) is 5.69 Å². The molecular formula is C12H13N3O5. The van der Waals surface area contributed by atoms with Crippen molar-refractivity contribution in [1.29, 1.82) is 0 Å². The Bertz CT molecular complexity index is 562. The lowest BCUT2D eigenvalue weighted by Crippen LogP contribution is -2.40. The Hall–Kier alpha value is -2.64. The molecule has 1 aliphatic rings. The van der Waals surface area contributed by atoms with Crippen LogP contribution in [0.3, 0.4) is 0 Å². The molecule has 3 N–H and O–H groups in total. The SMILES string of the molecule is O=C1CCC(C(=O)Nc2ccc([N+](=O)[O-])cc2O)CN1. The summed E-state index contributed by atoms with van der Waals surface area (Å²) in [7, 11) is 0. The van der Waals surface area contributed by atoms with Gasteiger partial charge in [-0.05, 0) is 12.5 Å². The standard InChI is InChI=1S/C12H13N3O5/c16-10-5-8(15(19)20)2-3-9(10)14-12(18)7-1-4-11(17)13-6-7/h2-3,5,7,16H,1,4,6H2,(H,13,17)(H,14,18). The van der Waals surface area contributed by atoms with Crippen LogP contribution in [0.2, 0.25) is 0 Å². The molecule has 1 aromatic rings. The summed E-state index contributed by atoms with van der Waals surface area (Å²) in [5.74, 6) is -1.17. The fourth-order valence-corrected chi connectivity index (χ4v) is 1.93. The molecule has 8 heteroatoms. The van der Waals surface area contributed by atoms with Gasteiger partial charge in [-0.2, -0.15) is 0 Å². The topological polar surface area (TPSA) is 122 Å². The molecule has 0 bridgehead atoms. The molecule has 2 amide bonds. The zero-order chi connectivity index (χ0) is 14.7. The number of anilines is 1. The molecule has 0 aromatic heterocycles. The first kappa shape index (κ1) is 13.8. The van der Waals surface area contributed by atoms with E-state index in [1.807, 2.05) is 0 Å². The zero-order valence-electron chi connectivity index (χ0n) is 10.5. The maximum absolute atomic E-state index is 11.9. The minimum Gasteiger partial charge on any atom is -0.506 e. The molecule has 2 rings (SSSR count). The third-order valence-electron chi connectivity index (χ3n) is 3.09. The predicted molar refractivity (Wildman–Crippen MR) is 69.1 cm³/mol. The van der Waals surface area contributed by atoms with Crippen molar-refractivity contribution >= 4 is 23.2 Å². The number of piperidine rings is 1. The average Bonchev–Trinajstić information content (AvgIpc) is 2.41. The summed E-state index contributed by atoms with van der Waals surface area (Å²) in [4.78, 5) is 32.8. The summed E-state index contributed by atoms with van der Waals surface area (Å²) in [6, 6.07) is 3.43. The molecule has 1 atom stereocenters. The fourth-order valence-electron chi connectivity index (χ4n) is 1.93. The van der Waals surface area contributed by atoms with Crippen LogP contribution in [0.4, 0.5) is 11.4 Å². The number of carbonyl (C=O) groups is 2. The molecule has 20 heavy (non-hydrogen) atoms. The third kappa shape index (κ3) is 3.02. The number of non-ortho nitro benzene ring substituents is 1.